The van der Waals surface area contributed by atoms with E-state index in [1.54, 1.807) is 0 Å². The average molecular weight is 682 g/mol. The molecule has 11 nitrogen and oxygen atoms in total. The number of aromatic nitrogens is 6. The van der Waals surface area contributed by atoms with E-state index in [4.69, 9.17) is 0 Å². The Bertz CT molecular complexity index is 1200. The highest BCUT2D eigenvalue weighted by Gasteiger charge is 2.11. The van der Waals surface area contributed by atoms with Gasteiger partial charge in [0.25, 0.3) is 0 Å². The molecule has 1 N–H and O–H groups in total. The first kappa shape index (κ1) is 39.8. The summed E-state index contributed by atoms with van der Waals surface area (Å²) in [5.74, 6) is 0.785. The van der Waals surface area contributed by atoms with Gasteiger partial charge < -0.3 is 10.2 Å². The Hall–Kier alpha value is -3.60. The maximum Gasteiger partial charge on any atom is 0.243 e. The van der Waals surface area contributed by atoms with Crippen LogP contribution in [0.2, 0.25) is 0 Å². The van der Waals surface area contributed by atoms with Crippen molar-refractivity contribution in [3.63, 3.8) is 0 Å². The Morgan fingerprint density at radius 2 is 0.898 bits per heavy atom. The molecule has 0 aliphatic carbocycles. The van der Waals surface area contributed by atoms with Gasteiger partial charge in [-0.2, -0.15) is 0 Å². The molecule has 3 rings (SSSR count). The number of unbranched alkanes of at least 4 members (excludes halogenated alkanes) is 6. The highest BCUT2D eigenvalue weighted by atomic mass is 16.1. The molecule has 0 aromatic carbocycles. The lowest BCUT2D eigenvalue weighted by molar-refractivity contribution is -0.671. The lowest BCUT2D eigenvalue weighted by Crippen LogP contribution is -2.36. The molecule has 272 valence electrons. The number of ketones is 2. The minimum absolute atomic E-state index is 0.106. The number of aryl methyl sites for hydroxylation is 6. The van der Waals surface area contributed by atoms with E-state index in [2.05, 4.69) is 61.5 Å². The Balaban J connectivity index is 1.28. The van der Waals surface area contributed by atoms with Crippen LogP contribution in [0.5, 0.6) is 0 Å². The second kappa shape index (κ2) is 23.7. The van der Waals surface area contributed by atoms with E-state index in [1.807, 2.05) is 53.4 Å². The number of Topliss-reactive ketones (excluding diaryl/α,β-unsaturated/α-hetero) is 2. The molecule has 3 aromatic heterocycles. The molecule has 0 aliphatic rings. The number of rotatable bonds is 29. The smallest absolute Gasteiger partial charge is 0.243 e. The number of hydrogen-bond donors (Lipinski definition) is 1. The molecule has 0 fully saturated rings. The van der Waals surface area contributed by atoms with Crippen molar-refractivity contribution in [1.82, 2.24) is 23.9 Å². The van der Waals surface area contributed by atoms with Crippen LogP contribution in [0.25, 0.3) is 0 Å². The first-order valence-electron chi connectivity index (χ1n) is 18.8. The van der Waals surface area contributed by atoms with Crippen molar-refractivity contribution >= 4 is 17.5 Å². The van der Waals surface area contributed by atoms with Crippen LogP contribution in [0.3, 0.4) is 0 Å². The maximum atomic E-state index is 12.6. The Morgan fingerprint density at radius 3 is 1.29 bits per heavy atom. The number of imidazole rings is 3. The molecule has 0 saturated carbocycles. The fourth-order valence-electron chi connectivity index (χ4n) is 6.27. The molecule has 0 unspecified atom stereocenters. The largest absolute Gasteiger partial charge is 0.355 e. The molecule has 0 atom stereocenters. The van der Waals surface area contributed by atoms with Crippen LogP contribution in [-0.2, 0) is 55.2 Å². The molecule has 1 amide bonds. The van der Waals surface area contributed by atoms with Crippen molar-refractivity contribution in [3.05, 3.63) is 56.2 Å². The molecule has 49 heavy (non-hydrogen) atoms. The van der Waals surface area contributed by atoms with E-state index in [0.29, 0.717) is 50.2 Å². The van der Waals surface area contributed by atoms with Crippen LogP contribution in [-0.4, -0.2) is 62.3 Å². The number of carbonyl (C=O) groups is 3. The van der Waals surface area contributed by atoms with Crippen molar-refractivity contribution < 1.29 is 28.1 Å². The molecule has 3 aromatic rings. The van der Waals surface area contributed by atoms with Crippen LogP contribution >= 0.6 is 0 Å². The predicted octanol–water partition coefficient (Wildman–Crippen LogP) is 3.76. The van der Waals surface area contributed by atoms with E-state index in [0.717, 1.165) is 110 Å². The van der Waals surface area contributed by atoms with E-state index in [1.165, 1.54) is 0 Å². The van der Waals surface area contributed by atoms with Gasteiger partial charge in [-0.05, 0) is 83.7 Å². The fourth-order valence-corrected chi connectivity index (χ4v) is 6.27. The minimum Gasteiger partial charge on any atom is -0.355 e. The standard InChI is InChI=1S/C38H64N8O3/c1-40-27-30-44(33-40)21-10-4-7-15-36(47)17-13-24-43(25-14-18-37(48)16-8-5-11-22-45-31-28-41(2)34-45)26-20-39-38(49)19-9-6-12-23-46-32-29-42(3)35-46/h27-35H,4-26H2,1-3H3/q+2/p+1. The van der Waals surface area contributed by atoms with E-state index in [9.17, 15) is 14.4 Å². The third-order valence-electron chi connectivity index (χ3n) is 9.15. The van der Waals surface area contributed by atoms with Gasteiger partial charge in [-0.3, -0.25) is 14.4 Å². The van der Waals surface area contributed by atoms with E-state index in [-0.39, 0.29) is 5.91 Å². The number of hydrogen-bond acceptors (Lipinski definition) is 4. The van der Waals surface area contributed by atoms with Gasteiger partial charge in [-0.15, -0.1) is 0 Å². The van der Waals surface area contributed by atoms with Crippen LogP contribution < -0.4 is 19.0 Å². The SMILES string of the molecule is C[n+]1ccn(CCCCCC(=O)CCCN(CCCC(=O)CCCCCn2cc[n+](C)c2)CCNC(=O)CCCCCn2cc[n+](C)c2)c1. The van der Waals surface area contributed by atoms with Crippen molar-refractivity contribution in [3.8, 4) is 0 Å². The molecule has 11 heteroatoms. The lowest BCUT2D eigenvalue weighted by atomic mass is 10.1. The fraction of sp³-hybridized carbons (Fsp3) is 0.684. The molecular formula is C38H65N8O3+3. The molecule has 3 heterocycles. The van der Waals surface area contributed by atoms with Gasteiger partial charge in [0.2, 0.25) is 24.9 Å². The second-order valence-corrected chi connectivity index (χ2v) is 13.9. The molecule has 0 saturated heterocycles. The van der Waals surface area contributed by atoms with Crippen LogP contribution in [0.1, 0.15) is 103 Å². The number of carbonyl (C=O) groups excluding carboxylic acids is 3. The Morgan fingerprint density at radius 1 is 0.510 bits per heavy atom. The lowest BCUT2D eigenvalue weighted by Gasteiger charge is -2.22. The first-order chi connectivity index (χ1) is 23.8. The van der Waals surface area contributed by atoms with Crippen LogP contribution in [0.15, 0.2) is 56.2 Å². The summed E-state index contributed by atoms with van der Waals surface area (Å²) in [6, 6.07) is 0. The summed E-state index contributed by atoms with van der Waals surface area (Å²) in [5.41, 5.74) is 0. The van der Waals surface area contributed by atoms with Crippen LogP contribution in [0, 0.1) is 0 Å². The molecule has 0 aliphatic heterocycles. The third kappa shape index (κ3) is 18.7. The Kier molecular flexibility index (Phi) is 19.3. The average Bonchev–Trinajstić information content (AvgIpc) is 3.81. The molecular weight excluding hydrogens is 616 g/mol. The number of nitrogens with one attached hydrogen (secondary N) is 1. The summed E-state index contributed by atoms with van der Waals surface area (Å²) in [7, 11) is 6.07. The topological polar surface area (TPSA) is 92.9 Å². The zero-order valence-corrected chi connectivity index (χ0v) is 30.8. The summed E-state index contributed by atoms with van der Waals surface area (Å²) in [6.45, 7) is 5.92. The third-order valence-corrected chi connectivity index (χ3v) is 9.15. The quantitative estimate of drug-likeness (QED) is 0.0893. The maximum absolute atomic E-state index is 12.6. The minimum atomic E-state index is 0.106. The zero-order valence-electron chi connectivity index (χ0n) is 30.8. The summed E-state index contributed by atoms with van der Waals surface area (Å²) in [4.78, 5) is 40.0. The summed E-state index contributed by atoms with van der Waals surface area (Å²) < 4.78 is 12.7. The summed E-state index contributed by atoms with van der Waals surface area (Å²) in [6.07, 6.45) is 32.4. The monoisotopic (exact) mass is 682 g/mol. The van der Waals surface area contributed by atoms with Gasteiger partial charge in [-0.25, -0.2) is 27.4 Å². The summed E-state index contributed by atoms with van der Waals surface area (Å²) in [5, 5.41) is 3.10. The molecule has 0 bridgehead atoms. The zero-order chi connectivity index (χ0) is 35.1. The van der Waals surface area contributed by atoms with Gasteiger partial charge in [-0.1, -0.05) is 0 Å². The first-order valence-corrected chi connectivity index (χ1v) is 18.8. The number of nitrogens with zero attached hydrogens (tertiary/aromatic N) is 7. The van der Waals surface area contributed by atoms with Gasteiger partial charge in [0.1, 0.15) is 48.7 Å². The van der Waals surface area contributed by atoms with Gasteiger partial charge >= 0.3 is 0 Å². The van der Waals surface area contributed by atoms with Gasteiger partial charge in [0.15, 0.2) is 0 Å². The second-order valence-electron chi connectivity index (χ2n) is 13.9. The number of amides is 1. The van der Waals surface area contributed by atoms with Crippen molar-refractivity contribution in [2.24, 2.45) is 21.1 Å². The molecule has 0 spiro atoms. The normalized spacial score (nSPS) is 11.4. The van der Waals surface area contributed by atoms with Crippen molar-refractivity contribution in [2.75, 3.05) is 26.2 Å². The van der Waals surface area contributed by atoms with E-state index >= 15 is 0 Å². The van der Waals surface area contributed by atoms with Gasteiger partial charge in [0.05, 0.1) is 40.8 Å². The molecule has 0 radical (unpaired) electrons. The van der Waals surface area contributed by atoms with Gasteiger partial charge in [0, 0.05) is 45.2 Å². The Labute approximate surface area is 294 Å². The van der Waals surface area contributed by atoms with Crippen molar-refractivity contribution in [1.29, 1.82) is 0 Å². The van der Waals surface area contributed by atoms with E-state index < -0.39 is 0 Å². The predicted molar refractivity (Wildman–Crippen MR) is 190 cm³/mol. The van der Waals surface area contributed by atoms with Crippen LogP contribution in [0.4, 0.5) is 0 Å². The highest BCUT2D eigenvalue weighted by Crippen LogP contribution is 2.09. The van der Waals surface area contributed by atoms with Crippen molar-refractivity contribution in [2.45, 2.75) is 122 Å². The highest BCUT2D eigenvalue weighted by molar-refractivity contribution is 5.78. The summed E-state index contributed by atoms with van der Waals surface area (Å²) >= 11 is 0.